The van der Waals surface area contributed by atoms with Gasteiger partial charge in [-0.15, -0.1) is 22.7 Å². The monoisotopic (exact) mass is 356 g/mol. The molecule has 0 aliphatic heterocycles. The van der Waals surface area contributed by atoms with Crippen LogP contribution in [0.4, 0.5) is 0 Å². The Kier molecular flexibility index (Phi) is 4.02. The van der Waals surface area contributed by atoms with Crippen LogP contribution in [0.3, 0.4) is 0 Å². The predicted octanol–water partition coefficient (Wildman–Crippen LogP) is 4.61. The van der Waals surface area contributed by atoms with E-state index in [0.29, 0.717) is 16.5 Å². The molecule has 4 heterocycles. The van der Waals surface area contributed by atoms with E-state index in [2.05, 4.69) is 4.98 Å². The molecule has 5 nitrogen and oxygen atoms in total. The van der Waals surface area contributed by atoms with Crippen molar-refractivity contribution in [1.29, 1.82) is 0 Å². The number of hydrogen-bond donors (Lipinski definition) is 0. The second-order valence-corrected chi connectivity index (χ2v) is 6.79. The van der Waals surface area contributed by atoms with Crippen molar-refractivity contribution >= 4 is 28.6 Å². The van der Waals surface area contributed by atoms with Gasteiger partial charge in [0.25, 0.3) is 0 Å². The molecule has 4 aromatic heterocycles. The number of nitrogens with zero attached hydrogens (tertiary/aromatic N) is 2. The fraction of sp³-hybridized carbons (Fsp3) is 0.0588. The highest BCUT2D eigenvalue weighted by Crippen LogP contribution is 2.25. The summed E-state index contributed by atoms with van der Waals surface area (Å²) in [5.74, 6) is 0.176. The first-order valence-electron chi connectivity index (χ1n) is 7.17. The highest BCUT2D eigenvalue weighted by atomic mass is 32.1. The van der Waals surface area contributed by atoms with Gasteiger partial charge in [0.2, 0.25) is 5.89 Å². The van der Waals surface area contributed by atoms with E-state index < -0.39 is 0 Å². The molecule has 0 bridgehead atoms. The molecule has 24 heavy (non-hydrogen) atoms. The molecule has 4 aromatic rings. The van der Waals surface area contributed by atoms with Crippen LogP contribution in [-0.4, -0.2) is 15.5 Å². The minimum absolute atomic E-state index is 0.0801. The summed E-state index contributed by atoms with van der Waals surface area (Å²) in [5.41, 5.74) is 1.40. The van der Waals surface area contributed by atoms with Gasteiger partial charge in [-0.2, -0.15) is 0 Å². The number of thiophene rings is 2. The van der Waals surface area contributed by atoms with Crippen molar-refractivity contribution in [2.75, 3.05) is 0 Å². The van der Waals surface area contributed by atoms with E-state index in [9.17, 15) is 4.79 Å². The zero-order valence-electron chi connectivity index (χ0n) is 12.4. The van der Waals surface area contributed by atoms with Gasteiger partial charge in [-0.3, -0.25) is 0 Å². The molecule has 0 spiro atoms. The fourth-order valence-electron chi connectivity index (χ4n) is 2.25. The Hall–Kier alpha value is -2.64. The lowest BCUT2D eigenvalue weighted by Gasteiger charge is -2.05. The standard InChI is InChI=1S/C17H12N2O3S2/c20-17(15-13(5-9-24-15)19-6-1-2-7-19)22-11-12-10-21-16(18-12)14-4-3-8-23-14/h1-10H,11H2. The second kappa shape index (κ2) is 6.46. The Morgan fingerprint density at radius 1 is 1.17 bits per heavy atom. The summed E-state index contributed by atoms with van der Waals surface area (Å²) in [5, 5.41) is 3.83. The Bertz CT molecular complexity index is 936. The number of aromatic nitrogens is 2. The van der Waals surface area contributed by atoms with E-state index in [0.717, 1.165) is 10.6 Å². The van der Waals surface area contributed by atoms with Crippen molar-refractivity contribution in [2.45, 2.75) is 6.61 Å². The Morgan fingerprint density at radius 3 is 2.83 bits per heavy atom. The van der Waals surface area contributed by atoms with Crippen LogP contribution in [0.25, 0.3) is 16.5 Å². The van der Waals surface area contributed by atoms with Crippen molar-refractivity contribution in [2.24, 2.45) is 0 Å². The van der Waals surface area contributed by atoms with E-state index in [4.69, 9.17) is 9.15 Å². The number of esters is 1. The molecular weight excluding hydrogens is 344 g/mol. The van der Waals surface area contributed by atoms with Crippen LogP contribution < -0.4 is 0 Å². The van der Waals surface area contributed by atoms with Gasteiger partial charge < -0.3 is 13.7 Å². The minimum Gasteiger partial charge on any atom is -0.455 e. The topological polar surface area (TPSA) is 57.3 Å². The molecule has 0 saturated heterocycles. The lowest BCUT2D eigenvalue weighted by Crippen LogP contribution is -2.06. The lowest BCUT2D eigenvalue weighted by atomic mass is 10.4. The van der Waals surface area contributed by atoms with Crippen LogP contribution in [0.2, 0.25) is 0 Å². The van der Waals surface area contributed by atoms with Crippen molar-refractivity contribution in [3.63, 3.8) is 0 Å². The van der Waals surface area contributed by atoms with Crippen LogP contribution in [0.15, 0.2) is 64.2 Å². The molecule has 0 radical (unpaired) electrons. The molecule has 0 aliphatic rings. The Balaban J connectivity index is 1.45. The predicted molar refractivity (Wildman–Crippen MR) is 92.6 cm³/mol. The SMILES string of the molecule is O=C(OCc1coc(-c2cccs2)n1)c1sccc1-n1cccc1. The smallest absolute Gasteiger partial charge is 0.350 e. The van der Waals surface area contributed by atoms with Gasteiger partial charge in [0, 0.05) is 12.4 Å². The van der Waals surface area contributed by atoms with Crippen LogP contribution in [-0.2, 0) is 11.3 Å². The molecule has 0 fully saturated rings. The maximum Gasteiger partial charge on any atom is 0.350 e. The van der Waals surface area contributed by atoms with Crippen molar-refractivity contribution in [1.82, 2.24) is 9.55 Å². The summed E-state index contributed by atoms with van der Waals surface area (Å²) in [6, 6.07) is 9.58. The van der Waals surface area contributed by atoms with Crippen LogP contribution in [0.1, 0.15) is 15.4 Å². The van der Waals surface area contributed by atoms with Gasteiger partial charge in [0.1, 0.15) is 23.4 Å². The van der Waals surface area contributed by atoms with E-state index in [1.165, 1.54) is 17.6 Å². The van der Waals surface area contributed by atoms with Gasteiger partial charge >= 0.3 is 5.97 Å². The molecule has 0 amide bonds. The zero-order chi connectivity index (χ0) is 16.4. The lowest BCUT2D eigenvalue weighted by molar-refractivity contribution is 0.0473. The van der Waals surface area contributed by atoms with E-state index in [-0.39, 0.29) is 12.6 Å². The van der Waals surface area contributed by atoms with Crippen LogP contribution >= 0.6 is 22.7 Å². The van der Waals surface area contributed by atoms with Gasteiger partial charge in [0.15, 0.2) is 0 Å². The second-order valence-electron chi connectivity index (χ2n) is 4.92. The summed E-state index contributed by atoms with van der Waals surface area (Å²) < 4.78 is 12.7. The zero-order valence-corrected chi connectivity index (χ0v) is 14.0. The number of oxazole rings is 1. The van der Waals surface area contributed by atoms with E-state index >= 15 is 0 Å². The summed E-state index contributed by atoms with van der Waals surface area (Å²) >= 11 is 2.90. The molecule has 0 aliphatic carbocycles. The fourth-order valence-corrected chi connectivity index (χ4v) is 3.68. The first-order valence-corrected chi connectivity index (χ1v) is 8.93. The van der Waals surface area contributed by atoms with Gasteiger partial charge in [-0.05, 0) is 35.0 Å². The molecule has 0 aromatic carbocycles. The number of carbonyl (C=O) groups is 1. The van der Waals surface area contributed by atoms with Gasteiger partial charge in [-0.25, -0.2) is 9.78 Å². The van der Waals surface area contributed by atoms with Crippen LogP contribution in [0, 0.1) is 0 Å². The summed E-state index contributed by atoms with van der Waals surface area (Å²) in [6.07, 6.45) is 5.30. The molecule has 7 heteroatoms. The number of rotatable bonds is 5. The van der Waals surface area contributed by atoms with Crippen molar-refractivity contribution < 1.29 is 13.9 Å². The third kappa shape index (κ3) is 2.91. The molecule has 0 saturated carbocycles. The number of ether oxygens (including phenoxy) is 1. The molecule has 4 rings (SSSR count). The molecule has 120 valence electrons. The van der Waals surface area contributed by atoms with Gasteiger partial charge in [-0.1, -0.05) is 6.07 Å². The molecular formula is C17H12N2O3S2. The Labute approximate surface area is 145 Å². The number of hydrogen-bond acceptors (Lipinski definition) is 6. The van der Waals surface area contributed by atoms with E-state index in [1.807, 2.05) is 58.1 Å². The third-order valence-corrected chi connectivity index (χ3v) is 5.09. The first-order chi connectivity index (χ1) is 11.8. The summed E-state index contributed by atoms with van der Waals surface area (Å²) in [6.45, 7) is 0.0801. The number of carbonyl (C=O) groups excluding carboxylic acids is 1. The van der Waals surface area contributed by atoms with E-state index in [1.54, 1.807) is 11.3 Å². The van der Waals surface area contributed by atoms with Crippen molar-refractivity contribution in [3.8, 4) is 16.5 Å². The molecule has 0 N–H and O–H groups in total. The minimum atomic E-state index is -0.366. The maximum atomic E-state index is 12.3. The highest BCUT2D eigenvalue weighted by molar-refractivity contribution is 7.13. The quantitative estimate of drug-likeness (QED) is 0.490. The largest absolute Gasteiger partial charge is 0.455 e. The normalized spacial score (nSPS) is 10.8. The summed E-state index contributed by atoms with van der Waals surface area (Å²) in [7, 11) is 0. The highest BCUT2D eigenvalue weighted by Gasteiger charge is 2.17. The average molecular weight is 356 g/mol. The molecule has 0 unspecified atom stereocenters. The van der Waals surface area contributed by atoms with Crippen LogP contribution in [0.5, 0.6) is 0 Å². The third-order valence-electron chi connectivity index (χ3n) is 3.35. The first kappa shape index (κ1) is 14.9. The van der Waals surface area contributed by atoms with Crippen molar-refractivity contribution in [3.05, 3.63) is 70.3 Å². The molecule has 0 atom stereocenters. The Morgan fingerprint density at radius 2 is 2.04 bits per heavy atom. The maximum absolute atomic E-state index is 12.3. The van der Waals surface area contributed by atoms with Gasteiger partial charge in [0.05, 0.1) is 10.6 Å². The average Bonchev–Trinajstić information content (AvgIpc) is 3.40. The summed E-state index contributed by atoms with van der Waals surface area (Å²) in [4.78, 5) is 18.2.